The predicted octanol–water partition coefficient (Wildman–Crippen LogP) is 2.00. The maximum atomic E-state index is 12.3. The van der Waals surface area contributed by atoms with Gasteiger partial charge in [-0.1, -0.05) is 11.6 Å². The van der Waals surface area contributed by atoms with Crippen LogP contribution in [-0.4, -0.2) is 15.7 Å². The molecule has 17 heavy (non-hydrogen) atoms. The van der Waals surface area contributed by atoms with Crippen LogP contribution in [0.25, 0.3) is 11.0 Å². The SMILES string of the molecule is CC(C)n1c(=O)n(CCN)c2ccc(Cl)cc21. The van der Waals surface area contributed by atoms with Crippen LogP contribution in [0.1, 0.15) is 19.9 Å². The van der Waals surface area contributed by atoms with Crippen LogP contribution in [0.3, 0.4) is 0 Å². The molecular formula is C12H16ClN3O. The number of aromatic nitrogens is 2. The number of halogens is 1. The van der Waals surface area contributed by atoms with Crippen LogP contribution >= 0.6 is 11.6 Å². The lowest BCUT2D eigenvalue weighted by atomic mass is 10.3. The molecule has 0 unspecified atom stereocenters. The summed E-state index contributed by atoms with van der Waals surface area (Å²) in [7, 11) is 0. The highest BCUT2D eigenvalue weighted by Crippen LogP contribution is 2.21. The van der Waals surface area contributed by atoms with Gasteiger partial charge in [0.25, 0.3) is 0 Å². The molecule has 2 rings (SSSR count). The molecule has 1 heterocycles. The van der Waals surface area contributed by atoms with Crippen molar-refractivity contribution >= 4 is 22.6 Å². The Hall–Kier alpha value is -1.26. The second kappa shape index (κ2) is 4.55. The van der Waals surface area contributed by atoms with E-state index in [0.29, 0.717) is 18.1 Å². The summed E-state index contributed by atoms with van der Waals surface area (Å²) < 4.78 is 3.45. The van der Waals surface area contributed by atoms with Gasteiger partial charge in [0.15, 0.2) is 0 Å². The minimum absolute atomic E-state index is 0.0253. The van der Waals surface area contributed by atoms with Crippen LogP contribution in [0.4, 0.5) is 0 Å². The summed E-state index contributed by atoms with van der Waals surface area (Å²) in [6, 6.07) is 5.59. The van der Waals surface area contributed by atoms with Crippen molar-refractivity contribution in [1.29, 1.82) is 0 Å². The van der Waals surface area contributed by atoms with Crippen molar-refractivity contribution in [2.45, 2.75) is 26.4 Å². The molecule has 0 amide bonds. The summed E-state index contributed by atoms with van der Waals surface area (Å²) in [5, 5.41) is 0.636. The third kappa shape index (κ3) is 1.98. The van der Waals surface area contributed by atoms with E-state index in [-0.39, 0.29) is 11.7 Å². The van der Waals surface area contributed by atoms with E-state index < -0.39 is 0 Å². The van der Waals surface area contributed by atoms with Gasteiger partial charge in [-0.05, 0) is 32.0 Å². The molecule has 0 aliphatic rings. The quantitative estimate of drug-likeness (QED) is 0.910. The molecular weight excluding hydrogens is 238 g/mol. The van der Waals surface area contributed by atoms with Gasteiger partial charge in [-0.3, -0.25) is 9.13 Å². The van der Waals surface area contributed by atoms with Gasteiger partial charge >= 0.3 is 5.69 Å². The predicted molar refractivity (Wildman–Crippen MR) is 70.6 cm³/mol. The smallest absolute Gasteiger partial charge is 0.329 e. The van der Waals surface area contributed by atoms with E-state index in [0.717, 1.165) is 11.0 Å². The third-order valence-corrected chi connectivity index (χ3v) is 3.03. The van der Waals surface area contributed by atoms with Crippen LogP contribution in [0.2, 0.25) is 5.02 Å². The van der Waals surface area contributed by atoms with Crippen LogP contribution in [0, 0.1) is 0 Å². The lowest BCUT2D eigenvalue weighted by molar-refractivity contribution is 0.566. The summed E-state index contributed by atoms with van der Waals surface area (Å²) in [5.41, 5.74) is 7.27. The molecule has 0 bridgehead atoms. The van der Waals surface area contributed by atoms with Crippen molar-refractivity contribution < 1.29 is 0 Å². The van der Waals surface area contributed by atoms with Gasteiger partial charge in [0, 0.05) is 24.2 Å². The van der Waals surface area contributed by atoms with Crippen LogP contribution in [0.15, 0.2) is 23.0 Å². The standard InChI is InChI=1S/C12H16ClN3O/c1-8(2)16-11-7-9(13)3-4-10(11)15(6-5-14)12(16)17/h3-4,7-8H,5-6,14H2,1-2H3. The maximum Gasteiger partial charge on any atom is 0.329 e. The Morgan fingerprint density at radius 3 is 2.65 bits per heavy atom. The highest BCUT2D eigenvalue weighted by molar-refractivity contribution is 6.31. The van der Waals surface area contributed by atoms with Crippen molar-refractivity contribution in [3.63, 3.8) is 0 Å². The number of hydrogen-bond donors (Lipinski definition) is 1. The summed E-state index contributed by atoms with van der Waals surface area (Å²) in [6.07, 6.45) is 0. The van der Waals surface area contributed by atoms with Gasteiger partial charge in [0.1, 0.15) is 0 Å². The molecule has 2 N–H and O–H groups in total. The first-order chi connectivity index (χ1) is 8.06. The van der Waals surface area contributed by atoms with Gasteiger partial charge in [0.2, 0.25) is 0 Å². The van der Waals surface area contributed by atoms with E-state index in [1.165, 1.54) is 0 Å². The van der Waals surface area contributed by atoms with Gasteiger partial charge in [-0.15, -0.1) is 0 Å². The van der Waals surface area contributed by atoms with Crippen molar-refractivity contribution in [1.82, 2.24) is 9.13 Å². The Kier molecular flexibility index (Phi) is 3.26. The lowest BCUT2D eigenvalue weighted by Gasteiger charge is -2.06. The third-order valence-electron chi connectivity index (χ3n) is 2.79. The van der Waals surface area contributed by atoms with Gasteiger partial charge in [0.05, 0.1) is 11.0 Å². The summed E-state index contributed by atoms with van der Waals surface area (Å²) in [6.45, 7) is 4.93. The van der Waals surface area contributed by atoms with E-state index in [4.69, 9.17) is 17.3 Å². The van der Waals surface area contributed by atoms with Crippen LogP contribution in [0.5, 0.6) is 0 Å². The molecule has 0 spiro atoms. The first-order valence-electron chi connectivity index (χ1n) is 5.66. The molecule has 1 aromatic carbocycles. The zero-order valence-electron chi connectivity index (χ0n) is 9.98. The first-order valence-corrected chi connectivity index (χ1v) is 6.04. The molecule has 0 aliphatic heterocycles. The summed E-state index contributed by atoms with van der Waals surface area (Å²) in [5.74, 6) is 0. The Balaban J connectivity index is 2.83. The first kappa shape index (κ1) is 12.2. The number of benzene rings is 1. The summed E-state index contributed by atoms with van der Waals surface area (Å²) in [4.78, 5) is 12.3. The topological polar surface area (TPSA) is 53.0 Å². The largest absolute Gasteiger partial charge is 0.329 e. The van der Waals surface area contributed by atoms with E-state index >= 15 is 0 Å². The Bertz CT molecular complexity index is 598. The molecule has 2 aromatic rings. The molecule has 0 saturated carbocycles. The van der Waals surface area contributed by atoms with Gasteiger partial charge < -0.3 is 5.73 Å². The minimum atomic E-state index is -0.0253. The molecule has 4 nitrogen and oxygen atoms in total. The highest BCUT2D eigenvalue weighted by atomic mass is 35.5. The van der Waals surface area contributed by atoms with Gasteiger partial charge in [-0.2, -0.15) is 0 Å². The van der Waals surface area contributed by atoms with Crippen molar-refractivity contribution in [3.05, 3.63) is 33.7 Å². The maximum absolute atomic E-state index is 12.3. The number of imidazole rings is 1. The zero-order valence-corrected chi connectivity index (χ0v) is 10.7. The molecule has 0 aliphatic carbocycles. The fourth-order valence-electron chi connectivity index (χ4n) is 2.10. The molecule has 0 saturated heterocycles. The number of nitrogens with zero attached hydrogens (tertiary/aromatic N) is 2. The fourth-order valence-corrected chi connectivity index (χ4v) is 2.26. The van der Waals surface area contributed by atoms with Gasteiger partial charge in [-0.25, -0.2) is 4.79 Å². The Labute approximate surface area is 105 Å². The normalized spacial score (nSPS) is 11.6. The number of hydrogen-bond acceptors (Lipinski definition) is 2. The Morgan fingerprint density at radius 2 is 2.06 bits per heavy atom. The van der Waals surface area contributed by atoms with E-state index in [2.05, 4.69) is 0 Å². The monoisotopic (exact) mass is 253 g/mol. The highest BCUT2D eigenvalue weighted by Gasteiger charge is 2.14. The number of rotatable bonds is 3. The van der Waals surface area contributed by atoms with Crippen molar-refractivity contribution in [2.24, 2.45) is 5.73 Å². The lowest BCUT2D eigenvalue weighted by Crippen LogP contribution is -2.27. The van der Waals surface area contributed by atoms with Crippen LogP contribution in [-0.2, 0) is 6.54 Å². The Morgan fingerprint density at radius 1 is 1.35 bits per heavy atom. The molecule has 0 fully saturated rings. The molecule has 1 aromatic heterocycles. The number of fused-ring (bicyclic) bond motifs is 1. The van der Waals surface area contributed by atoms with Crippen molar-refractivity contribution in [3.8, 4) is 0 Å². The molecule has 92 valence electrons. The second-order valence-electron chi connectivity index (χ2n) is 4.32. The fraction of sp³-hybridized carbons (Fsp3) is 0.417. The van der Waals surface area contributed by atoms with Crippen molar-refractivity contribution in [2.75, 3.05) is 6.54 Å². The van der Waals surface area contributed by atoms with E-state index in [9.17, 15) is 4.79 Å². The van der Waals surface area contributed by atoms with E-state index in [1.54, 1.807) is 15.2 Å². The molecule has 5 heteroatoms. The van der Waals surface area contributed by atoms with E-state index in [1.807, 2.05) is 26.0 Å². The van der Waals surface area contributed by atoms with Crippen LogP contribution < -0.4 is 11.4 Å². The molecule has 0 radical (unpaired) electrons. The zero-order chi connectivity index (χ0) is 12.6. The number of nitrogens with two attached hydrogens (primary N) is 1. The second-order valence-corrected chi connectivity index (χ2v) is 4.76. The minimum Gasteiger partial charge on any atom is -0.329 e. The average Bonchev–Trinajstić information content (AvgIpc) is 2.52. The summed E-state index contributed by atoms with van der Waals surface area (Å²) >= 11 is 5.98. The average molecular weight is 254 g/mol. The molecule has 0 atom stereocenters.